The van der Waals surface area contributed by atoms with E-state index in [0.29, 0.717) is 46.5 Å². The van der Waals surface area contributed by atoms with Crippen molar-refractivity contribution in [3.63, 3.8) is 0 Å². The van der Waals surface area contributed by atoms with Crippen LogP contribution in [0.2, 0.25) is 0 Å². The van der Waals surface area contributed by atoms with E-state index in [9.17, 15) is 23.1 Å². The van der Waals surface area contributed by atoms with Gasteiger partial charge in [0, 0.05) is 54.8 Å². The van der Waals surface area contributed by atoms with E-state index in [4.69, 9.17) is 0 Å². The molecule has 5 rings (SSSR count). The van der Waals surface area contributed by atoms with Crippen LogP contribution in [0, 0.1) is 6.92 Å². The average molecular weight is 504 g/mol. The zero-order valence-corrected chi connectivity index (χ0v) is 20.0. The number of halogens is 3. The molecule has 188 valence electrons. The highest BCUT2D eigenvalue weighted by molar-refractivity contribution is 5.98. The quantitative estimate of drug-likeness (QED) is 0.347. The van der Waals surface area contributed by atoms with Gasteiger partial charge in [-0.1, -0.05) is 18.2 Å². The molecule has 2 aromatic heterocycles. The second-order valence-corrected chi connectivity index (χ2v) is 9.27. The molecule has 1 fully saturated rings. The summed E-state index contributed by atoms with van der Waals surface area (Å²) in [5, 5.41) is 9.66. The number of hydrogen-bond acceptors (Lipinski definition) is 4. The minimum absolute atomic E-state index is 0.147. The number of aromatic nitrogens is 2. The molecular formula is C29H24F3N3O2. The molecule has 0 spiro atoms. The number of pyridine rings is 2. The maximum atomic E-state index is 13.5. The Morgan fingerprint density at radius 2 is 1.84 bits per heavy atom. The molecule has 0 radical (unpaired) electrons. The molecule has 2 aromatic carbocycles. The van der Waals surface area contributed by atoms with Crippen LogP contribution in [0.5, 0.6) is 5.88 Å². The number of amides is 1. The van der Waals surface area contributed by atoms with Gasteiger partial charge in [0.15, 0.2) is 0 Å². The summed E-state index contributed by atoms with van der Waals surface area (Å²) < 4.78 is 40.6. The largest absolute Gasteiger partial charge is 0.493 e. The standard InChI is InChI=1S/C29H24F3N3O2/c1-18-11-23(13-24(12-18)29(30,31)32)25-6-4-19(14-26(25)21-5-7-27(36)34-16-21)28(37)35-10-8-22(17-35)20-3-2-9-33-15-20/h2-7,9,11-16,22H,8,10,17H2,1H3,(H,34,36). The average Bonchev–Trinajstić information content (AvgIpc) is 3.38. The van der Waals surface area contributed by atoms with E-state index in [1.54, 1.807) is 48.4 Å². The third-order valence-corrected chi connectivity index (χ3v) is 6.67. The van der Waals surface area contributed by atoms with Gasteiger partial charge in [0.1, 0.15) is 0 Å². The fraction of sp³-hybridized carbons (Fsp3) is 0.207. The van der Waals surface area contributed by atoms with Crippen LogP contribution >= 0.6 is 0 Å². The Kier molecular flexibility index (Phi) is 6.41. The lowest BCUT2D eigenvalue weighted by atomic mass is 9.91. The Bertz CT molecular complexity index is 1440. The maximum Gasteiger partial charge on any atom is 0.416 e. The van der Waals surface area contributed by atoms with Crippen LogP contribution in [0.1, 0.15) is 39.4 Å². The minimum atomic E-state index is -4.49. The Balaban J connectivity index is 1.53. The summed E-state index contributed by atoms with van der Waals surface area (Å²) in [5.74, 6) is -0.122. The summed E-state index contributed by atoms with van der Waals surface area (Å²) in [5.41, 5.74) is 3.30. The normalized spacial score (nSPS) is 15.7. The molecule has 8 heteroatoms. The molecule has 1 saturated heterocycles. The lowest BCUT2D eigenvalue weighted by Gasteiger charge is -2.19. The Labute approximate surface area is 212 Å². The number of rotatable bonds is 4. The van der Waals surface area contributed by atoms with E-state index in [2.05, 4.69) is 9.97 Å². The molecular weight excluding hydrogens is 479 g/mol. The molecule has 1 aliphatic rings. The van der Waals surface area contributed by atoms with Gasteiger partial charge < -0.3 is 10.0 Å². The predicted molar refractivity (Wildman–Crippen MR) is 134 cm³/mol. The SMILES string of the molecule is Cc1cc(-c2ccc(C(=O)N3CCC(c4cccnc4)C3)cc2-c2ccc(O)nc2)cc(C(F)(F)F)c1. The van der Waals surface area contributed by atoms with Crippen molar-refractivity contribution in [2.45, 2.75) is 25.4 Å². The molecule has 1 N–H and O–H groups in total. The Hall–Kier alpha value is -4.20. The summed E-state index contributed by atoms with van der Waals surface area (Å²) in [6.45, 7) is 2.78. The molecule has 4 aromatic rings. The first-order valence-electron chi connectivity index (χ1n) is 11.9. The highest BCUT2D eigenvalue weighted by atomic mass is 19.4. The van der Waals surface area contributed by atoms with Gasteiger partial charge in [-0.15, -0.1) is 0 Å². The Morgan fingerprint density at radius 1 is 1.00 bits per heavy atom. The zero-order chi connectivity index (χ0) is 26.2. The van der Waals surface area contributed by atoms with Crippen LogP contribution < -0.4 is 0 Å². The van der Waals surface area contributed by atoms with Crippen molar-refractivity contribution in [2.75, 3.05) is 13.1 Å². The summed E-state index contributed by atoms with van der Waals surface area (Å²) in [6, 6.07) is 15.9. The molecule has 3 heterocycles. The molecule has 5 nitrogen and oxygen atoms in total. The van der Waals surface area contributed by atoms with Crippen LogP contribution in [0.3, 0.4) is 0 Å². The summed E-state index contributed by atoms with van der Waals surface area (Å²) in [4.78, 5) is 23.4. The van der Waals surface area contributed by atoms with Crippen LogP contribution in [-0.2, 0) is 6.18 Å². The highest BCUT2D eigenvalue weighted by Crippen LogP contribution is 2.38. The lowest BCUT2D eigenvalue weighted by molar-refractivity contribution is -0.137. The second-order valence-electron chi connectivity index (χ2n) is 9.27. The summed E-state index contributed by atoms with van der Waals surface area (Å²) >= 11 is 0. The molecule has 1 unspecified atom stereocenters. The minimum Gasteiger partial charge on any atom is -0.493 e. The van der Waals surface area contributed by atoms with Crippen LogP contribution in [-0.4, -0.2) is 39.0 Å². The van der Waals surface area contributed by atoms with Crippen molar-refractivity contribution in [3.05, 3.63) is 102 Å². The van der Waals surface area contributed by atoms with Crippen molar-refractivity contribution in [2.24, 2.45) is 0 Å². The van der Waals surface area contributed by atoms with E-state index >= 15 is 0 Å². The van der Waals surface area contributed by atoms with Gasteiger partial charge in [-0.05, 0) is 77.6 Å². The number of carbonyl (C=O) groups is 1. The molecule has 0 bridgehead atoms. The molecule has 0 saturated carbocycles. The number of nitrogens with zero attached hydrogens (tertiary/aromatic N) is 3. The van der Waals surface area contributed by atoms with Gasteiger partial charge >= 0.3 is 6.18 Å². The van der Waals surface area contributed by atoms with Crippen LogP contribution in [0.25, 0.3) is 22.3 Å². The first kappa shape index (κ1) is 24.5. The third kappa shape index (κ3) is 5.18. The number of benzene rings is 2. The van der Waals surface area contributed by atoms with E-state index in [0.717, 1.165) is 24.1 Å². The van der Waals surface area contributed by atoms with Crippen molar-refractivity contribution in [1.82, 2.24) is 14.9 Å². The van der Waals surface area contributed by atoms with Gasteiger partial charge in [-0.25, -0.2) is 4.98 Å². The van der Waals surface area contributed by atoms with Crippen molar-refractivity contribution in [3.8, 4) is 28.1 Å². The highest BCUT2D eigenvalue weighted by Gasteiger charge is 2.32. The van der Waals surface area contributed by atoms with E-state index in [1.165, 1.54) is 12.3 Å². The summed E-state index contributed by atoms with van der Waals surface area (Å²) in [7, 11) is 0. The monoisotopic (exact) mass is 503 g/mol. The molecule has 1 atom stereocenters. The van der Waals surface area contributed by atoms with Crippen molar-refractivity contribution in [1.29, 1.82) is 0 Å². The smallest absolute Gasteiger partial charge is 0.416 e. The number of hydrogen-bond donors (Lipinski definition) is 1. The van der Waals surface area contributed by atoms with Gasteiger partial charge in [-0.2, -0.15) is 13.2 Å². The maximum absolute atomic E-state index is 13.5. The lowest BCUT2D eigenvalue weighted by Crippen LogP contribution is -2.28. The Morgan fingerprint density at radius 3 is 2.54 bits per heavy atom. The number of carbonyl (C=O) groups excluding carboxylic acids is 1. The number of aryl methyl sites for hydroxylation is 1. The van der Waals surface area contributed by atoms with Gasteiger partial charge in [0.25, 0.3) is 5.91 Å². The van der Waals surface area contributed by atoms with Crippen molar-refractivity contribution >= 4 is 5.91 Å². The van der Waals surface area contributed by atoms with Gasteiger partial charge in [0.05, 0.1) is 5.56 Å². The fourth-order valence-electron chi connectivity index (χ4n) is 4.83. The van der Waals surface area contributed by atoms with E-state index in [-0.39, 0.29) is 17.7 Å². The topological polar surface area (TPSA) is 66.3 Å². The van der Waals surface area contributed by atoms with Crippen molar-refractivity contribution < 1.29 is 23.1 Å². The molecule has 1 amide bonds. The predicted octanol–water partition coefficient (Wildman–Crippen LogP) is 6.47. The van der Waals surface area contributed by atoms with Crippen LogP contribution in [0.15, 0.2) is 79.3 Å². The molecule has 0 aliphatic carbocycles. The van der Waals surface area contributed by atoms with E-state index in [1.807, 2.05) is 18.3 Å². The van der Waals surface area contributed by atoms with Gasteiger partial charge in [-0.3, -0.25) is 9.78 Å². The number of likely N-dealkylation sites (tertiary alicyclic amines) is 1. The zero-order valence-electron chi connectivity index (χ0n) is 20.0. The number of alkyl halides is 3. The molecule has 37 heavy (non-hydrogen) atoms. The fourth-order valence-corrected chi connectivity index (χ4v) is 4.83. The first-order chi connectivity index (χ1) is 17.7. The van der Waals surface area contributed by atoms with Crippen LogP contribution in [0.4, 0.5) is 13.2 Å². The molecule has 1 aliphatic heterocycles. The first-order valence-corrected chi connectivity index (χ1v) is 11.9. The second kappa shape index (κ2) is 9.69. The van der Waals surface area contributed by atoms with Gasteiger partial charge in [0.2, 0.25) is 5.88 Å². The van der Waals surface area contributed by atoms with E-state index < -0.39 is 11.7 Å². The number of aromatic hydroxyl groups is 1. The summed E-state index contributed by atoms with van der Waals surface area (Å²) in [6.07, 6.45) is 1.32. The third-order valence-electron chi connectivity index (χ3n) is 6.67.